The zero-order chi connectivity index (χ0) is 18.1. The van der Waals surface area contributed by atoms with Crippen LogP contribution in [0.1, 0.15) is 19.8 Å². The Hall–Kier alpha value is -1.63. The Labute approximate surface area is 158 Å². The Bertz CT molecular complexity index is 730. The monoisotopic (exact) mass is 396 g/mol. The maximum Gasteiger partial charge on any atom is 0.237 e. The Balaban J connectivity index is 1.98. The summed E-state index contributed by atoms with van der Waals surface area (Å²) in [6.07, 6.45) is 1.28. The molecule has 2 rings (SSSR count). The summed E-state index contributed by atoms with van der Waals surface area (Å²) in [4.78, 5) is 14.0. The average Bonchev–Trinajstić information content (AvgIpc) is 3.07. The molecule has 5 nitrogen and oxygen atoms in total. The number of amides is 1. The van der Waals surface area contributed by atoms with Gasteiger partial charge in [-0.2, -0.15) is 5.26 Å². The minimum absolute atomic E-state index is 0.148. The van der Waals surface area contributed by atoms with E-state index in [-0.39, 0.29) is 30.4 Å². The first-order valence-corrected chi connectivity index (χ1v) is 10.4. The van der Waals surface area contributed by atoms with Gasteiger partial charge < -0.3 is 4.90 Å². The van der Waals surface area contributed by atoms with Crippen LogP contribution >= 0.6 is 34.9 Å². The van der Waals surface area contributed by atoms with E-state index in [1.54, 1.807) is 23.9 Å². The highest BCUT2D eigenvalue weighted by molar-refractivity contribution is 8.03. The lowest BCUT2D eigenvalue weighted by Gasteiger charge is -2.21. The average molecular weight is 397 g/mol. The van der Waals surface area contributed by atoms with E-state index in [9.17, 15) is 9.18 Å². The Morgan fingerprint density at radius 3 is 2.60 bits per heavy atom. The number of carbonyl (C=O) groups excluding carboxylic acids is 1. The molecule has 132 valence electrons. The van der Waals surface area contributed by atoms with Crippen LogP contribution in [-0.4, -0.2) is 34.2 Å². The SMILES string of the molecule is CCCSc1nnc(SCC(=O)N(CCC#N)c2ccc(F)cc2)s1. The van der Waals surface area contributed by atoms with Crippen molar-refractivity contribution in [2.75, 3.05) is 23.0 Å². The molecule has 0 aliphatic carbocycles. The standard InChI is InChI=1S/C16H17FN4OS3/c1-2-10-23-15-19-20-16(25-15)24-11-14(22)21(9-3-8-18)13-6-4-12(17)5-7-13/h4-7H,2-3,9-11H2,1H3. The lowest BCUT2D eigenvalue weighted by Crippen LogP contribution is -2.33. The van der Waals surface area contributed by atoms with Gasteiger partial charge in [0, 0.05) is 18.0 Å². The van der Waals surface area contributed by atoms with Gasteiger partial charge >= 0.3 is 0 Å². The molecule has 0 unspecified atom stereocenters. The van der Waals surface area contributed by atoms with Crippen molar-refractivity contribution in [1.82, 2.24) is 10.2 Å². The van der Waals surface area contributed by atoms with Crippen molar-refractivity contribution in [3.8, 4) is 6.07 Å². The molecule has 0 aliphatic rings. The van der Waals surface area contributed by atoms with Gasteiger partial charge in [0.05, 0.1) is 18.2 Å². The normalized spacial score (nSPS) is 10.4. The van der Waals surface area contributed by atoms with Crippen molar-refractivity contribution in [1.29, 1.82) is 5.26 Å². The van der Waals surface area contributed by atoms with Crippen molar-refractivity contribution in [2.24, 2.45) is 0 Å². The number of nitriles is 1. The first-order valence-electron chi connectivity index (χ1n) is 7.66. The van der Waals surface area contributed by atoms with Gasteiger partial charge in [-0.05, 0) is 30.7 Å². The predicted molar refractivity (Wildman–Crippen MR) is 101 cm³/mol. The van der Waals surface area contributed by atoms with Gasteiger partial charge in [-0.3, -0.25) is 4.79 Å². The van der Waals surface area contributed by atoms with E-state index in [0.717, 1.165) is 20.9 Å². The minimum atomic E-state index is -0.364. The second-order valence-electron chi connectivity index (χ2n) is 4.90. The summed E-state index contributed by atoms with van der Waals surface area (Å²) in [5.41, 5.74) is 0.582. The van der Waals surface area contributed by atoms with Crippen LogP contribution in [0, 0.1) is 17.1 Å². The first-order chi connectivity index (χ1) is 12.1. The third kappa shape index (κ3) is 6.30. The molecule has 1 aromatic carbocycles. The fourth-order valence-electron chi connectivity index (χ4n) is 1.89. The number of rotatable bonds is 9. The zero-order valence-corrected chi connectivity index (χ0v) is 16.1. The van der Waals surface area contributed by atoms with Crippen molar-refractivity contribution in [3.05, 3.63) is 30.1 Å². The van der Waals surface area contributed by atoms with Crippen molar-refractivity contribution in [3.63, 3.8) is 0 Å². The molecule has 0 saturated heterocycles. The number of halogens is 1. The van der Waals surface area contributed by atoms with E-state index in [2.05, 4.69) is 17.1 Å². The fraction of sp³-hybridized carbons (Fsp3) is 0.375. The lowest BCUT2D eigenvalue weighted by atomic mass is 10.2. The van der Waals surface area contributed by atoms with Gasteiger partial charge in [0.25, 0.3) is 0 Å². The number of thioether (sulfide) groups is 2. The smallest absolute Gasteiger partial charge is 0.237 e. The second-order valence-corrected chi connectivity index (χ2v) is 8.44. The van der Waals surface area contributed by atoms with Crippen molar-refractivity contribution >= 4 is 46.5 Å². The number of benzene rings is 1. The Morgan fingerprint density at radius 2 is 1.96 bits per heavy atom. The molecule has 0 bridgehead atoms. The predicted octanol–water partition coefficient (Wildman–Crippen LogP) is 4.22. The van der Waals surface area contributed by atoms with E-state index >= 15 is 0 Å². The number of hydrogen-bond donors (Lipinski definition) is 0. The summed E-state index contributed by atoms with van der Waals surface area (Å²) >= 11 is 4.45. The largest absolute Gasteiger partial charge is 0.311 e. The highest BCUT2D eigenvalue weighted by atomic mass is 32.2. The van der Waals surface area contributed by atoms with Crippen LogP contribution in [0.15, 0.2) is 32.9 Å². The summed E-state index contributed by atoms with van der Waals surface area (Å²) in [6, 6.07) is 7.72. The summed E-state index contributed by atoms with van der Waals surface area (Å²) in [5, 5.41) is 17.0. The number of carbonyl (C=O) groups is 1. The fourth-order valence-corrected chi connectivity index (χ4v) is 4.71. The van der Waals surface area contributed by atoms with Crippen LogP contribution in [0.25, 0.3) is 0 Å². The summed E-state index contributed by atoms with van der Waals surface area (Å²) in [7, 11) is 0. The van der Waals surface area contributed by atoms with Crippen LogP contribution < -0.4 is 4.90 Å². The number of anilines is 1. The van der Waals surface area contributed by atoms with Crippen LogP contribution in [0.3, 0.4) is 0 Å². The zero-order valence-electron chi connectivity index (χ0n) is 13.6. The molecule has 0 saturated carbocycles. The van der Waals surface area contributed by atoms with Crippen LogP contribution in [0.5, 0.6) is 0 Å². The van der Waals surface area contributed by atoms with Gasteiger partial charge in [-0.15, -0.1) is 10.2 Å². The summed E-state index contributed by atoms with van der Waals surface area (Å²) in [5.74, 6) is 0.669. The third-order valence-electron chi connectivity index (χ3n) is 3.02. The quantitative estimate of drug-likeness (QED) is 0.591. The first kappa shape index (κ1) is 19.7. The van der Waals surface area contributed by atoms with Crippen LogP contribution in [-0.2, 0) is 4.79 Å². The van der Waals surface area contributed by atoms with Gasteiger partial charge in [0.2, 0.25) is 5.91 Å². The van der Waals surface area contributed by atoms with Crippen LogP contribution in [0.2, 0.25) is 0 Å². The molecule has 1 amide bonds. The molecule has 0 radical (unpaired) electrons. The molecule has 0 spiro atoms. The van der Waals surface area contributed by atoms with E-state index in [1.165, 1.54) is 40.1 Å². The number of nitrogens with zero attached hydrogens (tertiary/aromatic N) is 4. The van der Waals surface area contributed by atoms with E-state index in [1.807, 2.05) is 6.07 Å². The second kappa shape index (κ2) is 10.4. The summed E-state index contributed by atoms with van der Waals surface area (Å²) < 4.78 is 14.7. The number of hydrogen-bond acceptors (Lipinski definition) is 7. The highest BCUT2D eigenvalue weighted by Crippen LogP contribution is 2.29. The molecule has 0 N–H and O–H groups in total. The van der Waals surface area contributed by atoms with E-state index < -0.39 is 0 Å². The number of aromatic nitrogens is 2. The minimum Gasteiger partial charge on any atom is -0.311 e. The topological polar surface area (TPSA) is 69.9 Å². The van der Waals surface area contributed by atoms with Gasteiger partial charge in [0.1, 0.15) is 5.82 Å². The molecule has 9 heteroatoms. The Kier molecular flexibility index (Phi) is 8.18. The van der Waals surface area contributed by atoms with Gasteiger partial charge in [0.15, 0.2) is 8.68 Å². The van der Waals surface area contributed by atoms with E-state index in [0.29, 0.717) is 5.69 Å². The maximum absolute atomic E-state index is 13.1. The molecule has 1 heterocycles. The molecule has 2 aromatic rings. The molecule has 0 atom stereocenters. The summed E-state index contributed by atoms with van der Waals surface area (Å²) in [6.45, 7) is 2.38. The van der Waals surface area contributed by atoms with Gasteiger partial charge in [-0.1, -0.05) is 41.8 Å². The molecular formula is C16H17FN4OS3. The third-order valence-corrected chi connectivity index (χ3v) is 6.40. The molecule has 0 aliphatic heterocycles. The molecular weight excluding hydrogens is 379 g/mol. The van der Waals surface area contributed by atoms with Gasteiger partial charge in [-0.25, -0.2) is 4.39 Å². The van der Waals surface area contributed by atoms with E-state index in [4.69, 9.17) is 5.26 Å². The van der Waals surface area contributed by atoms with Crippen molar-refractivity contribution in [2.45, 2.75) is 28.4 Å². The molecule has 1 aromatic heterocycles. The molecule has 0 fully saturated rings. The Morgan fingerprint density at radius 1 is 1.28 bits per heavy atom. The lowest BCUT2D eigenvalue weighted by molar-refractivity contribution is -0.116. The van der Waals surface area contributed by atoms with Crippen LogP contribution in [0.4, 0.5) is 10.1 Å². The highest BCUT2D eigenvalue weighted by Gasteiger charge is 2.17. The van der Waals surface area contributed by atoms with Crippen molar-refractivity contribution < 1.29 is 9.18 Å². The molecule has 25 heavy (non-hydrogen) atoms. The maximum atomic E-state index is 13.1.